The van der Waals surface area contributed by atoms with Crippen molar-refractivity contribution >= 4 is 5.91 Å². The van der Waals surface area contributed by atoms with E-state index in [0.717, 1.165) is 25.0 Å². The zero-order chi connectivity index (χ0) is 11.5. The van der Waals surface area contributed by atoms with Crippen molar-refractivity contribution in [1.29, 1.82) is 0 Å². The van der Waals surface area contributed by atoms with Crippen LogP contribution in [0.1, 0.15) is 32.4 Å². The van der Waals surface area contributed by atoms with Crippen molar-refractivity contribution in [2.45, 2.75) is 39.2 Å². The highest BCUT2D eigenvalue weighted by molar-refractivity contribution is 5.81. The predicted octanol–water partition coefficient (Wildman–Crippen LogP) is 2.37. The first-order valence-electron chi connectivity index (χ1n) is 5.99. The maximum atomic E-state index is 11.7. The van der Waals surface area contributed by atoms with Crippen LogP contribution in [0.15, 0.2) is 22.8 Å². The van der Waals surface area contributed by atoms with Crippen LogP contribution in [0.2, 0.25) is 0 Å². The van der Waals surface area contributed by atoms with Crippen LogP contribution >= 0.6 is 0 Å². The van der Waals surface area contributed by atoms with E-state index in [4.69, 9.17) is 4.42 Å². The maximum absolute atomic E-state index is 11.7. The van der Waals surface area contributed by atoms with Crippen molar-refractivity contribution in [2.24, 2.45) is 11.8 Å². The lowest BCUT2D eigenvalue weighted by molar-refractivity contribution is -0.123. The first-order chi connectivity index (χ1) is 7.66. The first-order valence-corrected chi connectivity index (χ1v) is 5.99. The Morgan fingerprint density at radius 2 is 2.44 bits per heavy atom. The van der Waals surface area contributed by atoms with Crippen LogP contribution < -0.4 is 5.32 Å². The molecule has 0 saturated heterocycles. The summed E-state index contributed by atoms with van der Waals surface area (Å²) in [5, 5.41) is 3.05. The molecule has 1 amide bonds. The Balaban J connectivity index is 1.68. The van der Waals surface area contributed by atoms with Gasteiger partial charge >= 0.3 is 0 Å². The lowest BCUT2D eigenvalue weighted by Gasteiger charge is -2.12. The van der Waals surface area contributed by atoms with Crippen molar-refractivity contribution in [2.75, 3.05) is 0 Å². The fourth-order valence-corrected chi connectivity index (χ4v) is 1.92. The Labute approximate surface area is 96.2 Å². The van der Waals surface area contributed by atoms with Crippen LogP contribution in [-0.2, 0) is 11.2 Å². The number of nitrogens with one attached hydrogen (secondary N) is 1. The van der Waals surface area contributed by atoms with Crippen LogP contribution in [0.5, 0.6) is 0 Å². The normalized spacial score (nSPS) is 25.1. The third-order valence-electron chi connectivity index (χ3n) is 3.24. The summed E-state index contributed by atoms with van der Waals surface area (Å²) in [6.45, 7) is 4.17. The second-order valence-corrected chi connectivity index (χ2v) is 4.85. The van der Waals surface area contributed by atoms with Crippen molar-refractivity contribution in [3.05, 3.63) is 24.2 Å². The van der Waals surface area contributed by atoms with Gasteiger partial charge in [-0.05, 0) is 37.8 Å². The van der Waals surface area contributed by atoms with E-state index in [1.807, 2.05) is 19.1 Å². The summed E-state index contributed by atoms with van der Waals surface area (Å²) in [5.74, 6) is 2.06. The van der Waals surface area contributed by atoms with Gasteiger partial charge in [0.1, 0.15) is 5.76 Å². The minimum absolute atomic E-state index is 0.222. The predicted molar refractivity (Wildman–Crippen MR) is 61.9 cm³/mol. The molecule has 1 aromatic rings. The highest BCUT2D eigenvalue weighted by atomic mass is 16.3. The zero-order valence-corrected chi connectivity index (χ0v) is 9.90. The molecule has 1 aromatic heterocycles. The Kier molecular flexibility index (Phi) is 3.32. The van der Waals surface area contributed by atoms with E-state index in [1.54, 1.807) is 6.26 Å². The van der Waals surface area contributed by atoms with E-state index in [9.17, 15) is 4.79 Å². The third kappa shape index (κ3) is 2.87. The molecule has 0 bridgehead atoms. The topological polar surface area (TPSA) is 42.2 Å². The summed E-state index contributed by atoms with van der Waals surface area (Å²) < 4.78 is 5.25. The van der Waals surface area contributed by atoms with Gasteiger partial charge in [0.2, 0.25) is 5.91 Å². The molecule has 2 rings (SSSR count). The maximum Gasteiger partial charge on any atom is 0.223 e. The Morgan fingerprint density at radius 3 is 3.00 bits per heavy atom. The lowest BCUT2D eigenvalue weighted by Crippen LogP contribution is -2.34. The minimum atomic E-state index is 0.222. The van der Waals surface area contributed by atoms with Gasteiger partial charge in [-0.15, -0.1) is 0 Å². The third-order valence-corrected chi connectivity index (χ3v) is 3.24. The molecule has 3 nitrogen and oxygen atoms in total. The van der Waals surface area contributed by atoms with E-state index in [0.29, 0.717) is 5.92 Å². The van der Waals surface area contributed by atoms with Crippen molar-refractivity contribution < 1.29 is 9.21 Å². The van der Waals surface area contributed by atoms with Gasteiger partial charge in [-0.1, -0.05) is 6.92 Å². The second kappa shape index (κ2) is 4.73. The molecule has 3 unspecified atom stereocenters. The Hall–Kier alpha value is -1.25. The molecule has 16 heavy (non-hydrogen) atoms. The van der Waals surface area contributed by atoms with Crippen molar-refractivity contribution in [3.8, 4) is 0 Å². The minimum Gasteiger partial charge on any atom is -0.469 e. The van der Waals surface area contributed by atoms with Gasteiger partial charge in [-0.25, -0.2) is 0 Å². The molecule has 1 saturated carbocycles. The molecule has 1 heterocycles. The van der Waals surface area contributed by atoms with Crippen LogP contribution in [-0.4, -0.2) is 11.9 Å². The second-order valence-electron chi connectivity index (χ2n) is 4.85. The van der Waals surface area contributed by atoms with Gasteiger partial charge in [-0.3, -0.25) is 4.79 Å². The van der Waals surface area contributed by atoms with Crippen LogP contribution in [0.3, 0.4) is 0 Å². The molecule has 88 valence electrons. The molecular weight excluding hydrogens is 202 g/mol. The van der Waals surface area contributed by atoms with Gasteiger partial charge < -0.3 is 9.73 Å². The summed E-state index contributed by atoms with van der Waals surface area (Å²) in [7, 11) is 0. The molecule has 0 aliphatic heterocycles. The molecule has 3 heteroatoms. The fraction of sp³-hybridized carbons (Fsp3) is 0.615. The fourth-order valence-electron chi connectivity index (χ4n) is 1.92. The summed E-state index contributed by atoms with van der Waals surface area (Å²) in [6.07, 6.45) is 4.55. The summed E-state index contributed by atoms with van der Waals surface area (Å²) in [5.41, 5.74) is 0. The van der Waals surface area contributed by atoms with E-state index in [2.05, 4.69) is 12.2 Å². The van der Waals surface area contributed by atoms with E-state index >= 15 is 0 Å². The quantitative estimate of drug-likeness (QED) is 0.829. The van der Waals surface area contributed by atoms with Crippen molar-refractivity contribution in [3.63, 3.8) is 0 Å². The Bertz CT molecular complexity index is 345. The number of carbonyl (C=O) groups is 1. The van der Waals surface area contributed by atoms with E-state index in [1.165, 1.54) is 0 Å². The van der Waals surface area contributed by atoms with Gasteiger partial charge in [-0.2, -0.15) is 0 Å². The molecule has 1 aliphatic rings. The number of amides is 1. The van der Waals surface area contributed by atoms with Crippen LogP contribution in [0.25, 0.3) is 0 Å². The molecule has 0 radical (unpaired) electrons. The molecule has 0 aromatic carbocycles. The molecule has 1 fully saturated rings. The van der Waals surface area contributed by atoms with Crippen molar-refractivity contribution in [1.82, 2.24) is 5.32 Å². The number of hydrogen-bond donors (Lipinski definition) is 1. The largest absolute Gasteiger partial charge is 0.469 e. The first kappa shape index (κ1) is 11.2. The number of carbonyl (C=O) groups excluding carboxylic acids is 1. The average molecular weight is 221 g/mol. The monoisotopic (exact) mass is 221 g/mol. The molecule has 1 aliphatic carbocycles. The number of rotatable bonds is 5. The number of furan rings is 1. The summed E-state index contributed by atoms with van der Waals surface area (Å²) in [6, 6.07) is 4.09. The highest BCUT2D eigenvalue weighted by Gasteiger charge is 2.39. The van der Waals surface area contributed by atoms with E-state index < -0.39 is 0 Å². The SMILES string of the molecule is CC(CCc1ccco1)NC(=O)C1CC1C. The van der Waals surface area contributed by atoms with Gasteiger partial charge in [0.25, 0.3) is 0 Å². The van der Waals surface area contributed by atoms with Gasteiger partial charge in [0.05, 0.1) is 6.26 Å². The van der Waals surface area contributed by atoms with Gasteiger partial charge in [0, 0.05) is 18.4 Å². The lowest BCUT2D eigenvalue weighted by atomic mass is 10.1. The molecule has 0 spiro atoms. The summed E-state index contributed by atoms with van der Waals surface area (Å²) in [4.78, 5) is 11.7. The number of aryl methyl sites for hydroxylation is 1. The molecular formula is C13H19NO2. The Morgan fingerprint density at radius 1 is 1.69 bits per heavy atom. The van der Waals surface area contributed by atoms with Crippen LogP contribution in [0, 0.1) is 11.8 Å². The highest BCUT2D eigenvalue weighted by Crippen LogP contribution is 2.37. The number of hydrogen-bond acceptors (Lipinski definition) is 2. The smallest absolute Gasteiger partial charge is 0.223 e. The average Bonchev–Trinajstić information content (AvgIpc) is 2.79. The standard InChI is InChI=1S/C13H19NO2/c1-9-8-12(9)13(15)14-10(2)5-6-11-4-3-7-16-11/h3-4,7,9-10,12H,5-6,8H2,1-2H3,(H,14,15). The molecule has 1 N–H and O–H groups in total. The molecule has 3 atom stereocenters. The van der Waals surface area contributed by atoms with E-state index in [-0.39, 0.29) is 17.9 Å². The zero-order valence-electron chi connectivity index (χ0n) is 9.90. The van der Waals surface area contributed by atoms with Crippen LogP contribution in [0.4, 0.5) is 0 Å². The summed E-state index contributed by atoms with van der Waals surface area (Å²) >= 11 is 0. The van der Waals surface area contributed by atoms with Gasteiger partial charge in [0.15, 0.2) is 0 Å².